The van der Waals surface area contributed by atoms with Crippen LogP contribution in [0.3, 0.4) is 0 Å². The Morgan fingerprint density at radius 2 is 1.86 bits per heavy atom. The number of amides is 1. The van der Waals surface area contributed by atoms with Crippen molar-refractivity contribution in [1.29, 1.82) is 0 Å². The fourth-order valence-corrected chi connectivity index (χ4v) is 2.22. The molecule has 9 heteroatoms. The fourth-order valence-electron chi connectivity index (χ4n) is 1.48. The molecule has 108 valence electrons. The Morgan fingerprint density at radius 1 is 1.14 bits per heavy atom. The zero-order valence-corrected chi connectivity index (χ0v) is 13.2. The molecule has 1 amide bonds. The van der Waals surface area contributed by atoms with Crippen LogP contribution in [0.25, 0.3) is 0 Å². The van der Waals surface area contributed by atoms with Gasteiger partial charge in [-0.3, -0.25) is 4.79 Å². The van der Waals surface area contributed by atoms with Crippen LogP contribution in [0.1, 0.15) is 20.7 Å². The number of benzene rings is 1. The second-order valence-electron chi connectivity index (χ2n) is 3.83. The summed E-state index contributed by atoms with van der Waals surface area (Å²) in [5, 5.41) is 18.5. The van der Waals surface area contributed by atoms with Crippen molar-refractivity contribution in [2.75, 3.05) is 5.32 Å². The Balaban J connectivity index is 2.29. The first-order valence-electron chi connectivity index (χ1n) is 5.41. The normalized spacial score (nSPS) is 10.2. The number of hydrogen-bond donors (Lipinski definition) is 2. The maximum atomic E-state index is 12.1. The molecule has 21 heavy (non-hydrogen) atoms. The van der Waals surface area contributed by atoms with Crippen LogP contribution in [0.4, 0.5) is 5.69 Å². The van der Waals surface area contributed by atoms with E-state index in [-0.39, 0.29) is 21.4 Å². The Labute approximate surface area is 137 Å². The van der Waals surface area contributed by atoms with E-state index in [1.807, 2.05) is 0 Å². The molecular formula is C12H6BrCl2N3O3. The summed E-state index contributed by atoms with van der Waals surface area (Å²) < 4.78 is 0.402. The van der Waals surface area contributed by atoms with Crippen molar-refractivity contribution in [1.82, 2.24) is 10.2 Å². The van der Waals surface area contributed by atoms with Crippen LogP contribution >= 0.6 is 39.1 Å². The van der Waals surface area contributed by atoms with Crippen LogP contribution in [0.15, 0.2) is 28.7 Å². The molecule has 2 N–H and O–H groups in total. The minimum Gasteiger partial charge on any atom is -0.478 e. The van der Waals surface area contributed by atoms with E-state index in [2.05, 4.69) is 31.4 Å². The third kappa shape index (κ3) is 3.69. The lowest BCUT2D eigenvalue weighted by Crippen LogP contribution is -2.14. The van der Waals surface area contributed by atoms with Gasteiger partial charge in [0.1, 0.15) is 0 Å². The first-order chi connectivity index (χ1) is 9.88. The summed E-state index contributed by atoms with van der Waals surface area (Å²) in [7, 11) is 0. The first kappa shape index (κ1) is 15.7. The molecule has 0 saturated heterocycles. The standard InChI is InChI=1S/C12H6BrCl2N3O3/c13-8-2-1-5(3-6(8)12(20)21)16-11(19)7-4-9(14)17-18-10(7)15/h1-4H,(H,16,19)(H,20,21). The summed E-state index contributed by atoms with van der Waals surface area (Å²) in [4.78, 5) is 23.1. The van der Waals surface area contributed by atoms with Gasteiger partial charge in [-0.25, -0.2) is 4.79 Å². The van der Waals surface area contributed by atoms with Gasteiger partial charge in [-0.1, -0.05) is 23.2 Å². The highest BCUT2D eigenvalue weighted by molar-refractivity contribution is 9.10. The molecule has 0 fully saturated rings. The van der Waals surface area contributed by atoms with Crippen LogP contribution in [0.5, 0.6) is 0 Å². The maximum Gasteiger partial charge on any atom is 0.336 e. The van der Waals surface area contributed by atoms with Crippen LogP contribution in [0, 0.1) is 0 Å². The Bertz CT molecular complexity index is 740. The van der Waals surface area contributed by atoms with E-state index in [0.29, 0.717) is 10.2 Å². The number of aromatic nitrogens is 2. The van der Waals surface area contributed by atoms with Crippen molar-refractivity contribution in [3.63, 3.8) is 0 Å². The average molecular weight is 391 g/mol. The van der Waals surface area contributed by atoms with Crippen molar-refractivity contribution in [3.8, 4) is 0 Å². The molecule has 0 atom stereocenters. The van der Waals surface area contributed by atoms with Gasteiger partial charge in [-0.15, -0.1) is 10.2 Å². The van der Waals surface area contributed by atoms with Gasteiger partial charge in [0, 0.05) is 10.2 Å². The second kappa shape index (κ2) is 6.38. The van der Waals surface area contributed by atoms with E-state index >= 15 is 0 Å². The summed E-state index contributed by atoms with van der Waals surface area (Å²) in [5.41, 5.74) is 0.353. The zero-order valence-electron chi connectivity index (χ0n) is 10.1. The monoisotopic (exact) mass is 389 g/mol. The number of anilines is 1. The number of aromatic carboxylic acids is 1. The van der Waals surface area contributed by atoms with Gasteiger partial charge < -0.3 is 10.4 Å². The van der Waals surface area contributed by atoms with Crippen molar-refractivity contribution in [2.45, 2.75) is 0 Å². The van der Waals surface area contributed by atoms with Crippen LogP contribution < -0.4 is 5.32 Å². The van der Waals surface area contributed by atoms with E-state index in [1.54, 1.807) is 6.07 Å². The lowest BCUT2D eigenvalue weighted by atomic mass is 10.2. The molecule has 0 spiro atoms. The summed E-state index contributed by atoms with van der Waals surface area (Å²) in [6, 6.07) is 5.63. The molecule has 6 nitrogen and oxygen atoms in total. The molecule has 1 aromatic heterocycles. The van der Waals surface area contributed by atoms with Crippen molar-refractivity contribution in [3.05, 3.63) is 50.2 Å². The topological polar surface area (TPSA) is 92.2 Å². The fraction of sp³-hybridized carbons (Fsp3) is 0. The molecule has 1 aromatic carbocycles. The van der Waals surface area contributed by atoms with Gasteiger partial charge in [-0.05, 0) is 40.2 Å². The van der Waals surface area contributed by atoms with Gasteiger partial charge in [0.25, 0.3) is 5.91 Å². The highest BCUT2D eigenvalue weighted by Crippen LogP contribution is 2.22. The SMILES string of the molecule is O=C(O)c1cc(NC(=O)c2cc(Cl)nnc2Cl)ccc1Br. The van der Waals surface area contributed by atoms with Crippen molar-refractivity contribution >= 4 is 56.7 Å². The van der Waals surface area contributed by atoms with E-state index < -0.39 is 11.9 Å². The highest BCUT2D eigenvalue weighted by atomic mass is 79.9. The minimum atomic E-state index is -1.12. The average Bonchev–Trinajstić information content (AvgIpc) is 2.43. The third-order valence-electron chi connectivity index (χ3n) is 2.42. The van der Waals surface area contributed by atoms with Crippen LogP contribution in [-0.4, -0.2) is 27.2 Å². The summed E-state index contributed by atoms with van der Waals surface area (Å²) >= 11 is 14.5. The molecule has 0 bridgehead atoms. The Kier molecular flexibility index (Phi) is 4.76. The Hall–Kier alpha value is -1.70. The number of hydrogen-bond acceptors (Lipinski definition) is 4. The van der Waals surface area contributed by atoms with Gasteiger partial charge in [0.15, 0.2) is 10.3 Å². The molecule has 0 saturated carbocycles. The number of nitrogens with one attached hydrogen (secondary N) is 1. The quantitative estimate of drug-likeness (QED) is 0.836. The second-order valence-corrected chi connectivity index (χ2v) is 5.43. The maximum absolute atomic E-state index is 12.1. The summed E-state index contributed by atoms with van der Waals surface area (Å²) in [6.45, 7) is 0. The lowest BCUT2D eigenvalue weighted by molar-refractivity contribution is 0.0695. The molecule has 0 aliphatic carbocycles. The van der Waals surface area contributed by atoms with E-state index in [9.17, 15) is 9.59 Å². The van der Waals surface area contributed by atoms with Gasteiger partial charge in [0.05, 0.1) is 11.1 Å². The van der Waals surface area contributed by atoms with Crippen LogP contribution in [-0.2, 0) is 0 Å². The zero-order chi connectivity index (χ0) is 15.6. The van der Waals surface area contributed by atoms with Gasteiger partial charge in [-0.2, -0.15) is 0 Å². The molecule has 2 aromatic rings. The number of carbonyl (C=O) groups is 2. The molecule has 0 aliphatic rings. The smallest absolute Gasteiger partial charge is 0.336 e. The number of carboxylic acids is 1. The predicted octanol–water partition coefficient (Wildman–Crippen LogP) is 3.50. The molecular weight excluding hydrogens is 385 g/mol. The largest absolute Gasteiger partial charge is 0.478 e. The Morgan fingerprint density at radius 3 is 2.52 bits per heavy atom. The number of halogens is 3. The number of carboxylic acid groups (broad SMARTS) is 1. The van der Waals surface area contributed by atoms with E-state index in [4.69, 9.17) is 28.3 Å². The van der Waals surface area contributed by atoms with Crippen molar-refractivity contribution < 1.29 is 14.7 Å². The predicted molar refractivity (Wildman–Crippen MR) is 81.1 cm³/mol. The molecule has 0 radical (unpaired) electrons. The molecule has 2 rings (SSSR count). The molecule has 0 aliphatic heterocycles. The lowest BCUT2D eigenvalue weighted by Gasteiger charge is -2.08. The van der Waals surface area contributed by atoms with Crippen molar-refractivity contribution in [2.24, 2.45) is 0 Å². The summed E-state index contributed by atoms with van der Waals surface area (Å²) in [6.07, 6.45) is 0. The minimum absolute atomic E-state index is 0.0183. The number of rotatable bonds is 3. The third-order valence-corrected chi connectivity index (χ3v) is 3.57. The van der Waals surface area contributed by atoms with Crippen LogP contribution in [0.2, 0.25) is 10.3 Å². The van der Waals surface area contributed by atoms with Gasteiger partial charge in [0.2, 0.25) is 0 Å². The number of nitrogens with zero attached hydrogens (tertiary/aromatic N) is 2. The van der Waals surface area contributed by atoms with E-state index in [1.165, 1.54) is 18.2 Å². The van der Waals surface area contributed by atoms with E-state index in [0.717, 1.165) is 0 Å². The van der Waals surface area contributed by atoms with Gasteiger partial charge >= 0.3 is 5.97 Å². The first-order valence-corrected chi connectivity index (χ1v) is 6.96. The molecule has 0 unspecified atom stereocenters. The number of carbonyl (C=O) groups excluding carboxylic acids is 1. The molecule has 1 heterocycles. The highest BCUT2D eigenvalue weighted by Gasteiger charge is 2.15. The summed E-state index contributed by atoms with van der Waals surface area (Å²) in [5.74, 6) is -1.69.